The largest absolute Gasteiger partial charge is 0.345 e. The third-order valence-corrected chi connectivity index (χ3v) is 5.49. The predicted octanol–water partition coefficient (Wildman–Crippen LogP) is 4.97. The van der Waals surface area contributed by atoms with E-state index in [1.807, 2.05) is 37.3 Å². The number of nitrogens with one attached hydrogen (secondary N) is 2. The molecule has 5 aromatic rings. The molecule has 0 unspecified atom stereocenters. The normalized spacial score (nSPS) is 11.1. The van der Waals surface area contributed by atoms with Crippen LogP contribution in [0.4, 0.5) is 0 Å². The van der Waals surface area contributed by atoms with Gasteiger partial charge in [-0.25, -0.2) is 9.97 Å². The molecule has 2 aromatic carbocycles. The first kappa shape index (κ1) is 18.1. The zero-order chi connectivity index (χ0) is 20.8. The van der Waals surface area contributed by atoms with Gasteiger partial charge < -0.3 is 9.97 Å². The summed E-state index contributed by atoms with van der Waals surface area (Å²) >= 11 is 6.48. The van der Waals surface area contributed by atoms with E-state index in [0.29, 0.717) is 27.4 Å². The molecule has 2 N–H and O–H groups in total. The maximum atomic E-state index is 11.8. The molecule has 0 spiro atoms. The molecule has 0 amide bonds. The molecule has 0 bridgehead atoms. The van der Waals surface area contributed by atoms with Gasteiger partial charge in [0, 0.05) is 22.6 Å². The van der Waals surface area contributed by atoms with Gasteiger partial charge in [-0.1, -0.05) is 23.7 Å². The van der Waals surface area contributed by atoms with E-state index >= 15 is 0 Å². The Morgan fingerprint density at radius 2 is 1.97 bits per heavy atom. The minimum absolute atomic E-state index is 0.224. The van der Waals surface area contributed by atoms with Crippen molar-refractivity contribution in [3.8, 4) is 28.5 Å². The summed E-state index contributed by atoms with van der Waals surface area (Å²) in [6, 6.07) is 16.7. The topological polar surface area (TPSA) is 98.2 Å². The molecule has 0 atom stereocenters. The number of rotatable bonds is 2. The summed E-state index contributed by atoms with van der Waals surface area (Å²) in [5.41, 5.74) is 6.33. The molecule has 0 aliphatic rings. The summed E-state index contributed by atoms with van der Waals surface area (Å²) in [6.45, 7) is 1.89. The summed E-state index contributed by atoms with van der Waals surface area (Å²) in [6.07, 6.45) is 1.60. The number of nitrogens with zero attached hydrogens (tertiary/aromatic N) is 3. The SMILES string of the molecule is Cc1c(C#N)cccc1-c1nc2[nH]c(=O)ccc2cc1-c1cc(Cl)c2nc[nH]c2c1. The van der Waals surface area contributed by atoms with Crippen LogP contribution >= 0.6 is 11.6 Å². The zero-order valence-corrected chi connectivity index (χ0v) is 16.6. The smallest absolute Gasteiger partial charge is 0.249 e. The van der Waals surface area contributed by atoms with Gasteiger partial charge in [-0.05, 0) is 48.4 Å². The van der Waals surface area contributed by atoms with Crippen molar-refractivity contribution in [1.29, 1.82) is 5.26 Å². The van der Waals surface area contributed by atoms with Crippen molar-refractivity contribution in [3.63, 3.8) is 0 Å². The molecular formula is C23H14ClN5O. The van der Waals surface area contributed by atoms with Gasteiger partial charge in [-0.15, -0.1) is 0 Å². The molecule has 5 rings (SSSR count). The van der Waals surface area contributed by atoms with Crippen molar-refractivity contribution in [2.45, 2.75) is 6.92 Å². The van der Waals surface area contributed by atoms with Crippen molar-refractivity contribution in [2.75, 3.05) is 0 Å². The van der Waals surface area contributed by atoms with Crippen LogP contribution in [-0.4, -0.2) is 19.9 Å². The summed E-state index contributed by atoms with van der Waals surface area (Å²) in [5, 5.41) is 10.8. The Labute approximate surface area is 175 Å². The second-order valence-electron chi connectivity index (χ2n) is 6.99. The van der Waals surface area contributed by atoms with Crippen molar-refractivity contribution in [1.82, 2.24) is 19.9 Å². The van der Waals surface area contributed by atoms with Crippen molar-refractivity contribution in [2.24, 2.45) is 0 Å². The third-order valence-electron chi connectivity index (χ3n) is 5.21. The van der Waals surface area contributed by atoms with Gasteiger partial charge >= 0.3 is 0 Å². The fourth-order valence-corrected chi connectivity index (χ4v) is 3.95. The van der Waals surface area contributed by atoms with Gasteiger partial charge in [0.15, 0.2) is 0 Å². The molecule has 3 aromatic heterocycles. The number of halogens is 1. The molecule has 3 heterocycles. The lowest BCUT2D eigenvalue weighted by Crippen LogP contribution is -2.05. The average Bonchev–Trinajstić information content (AvgIpc) is 3.22. The number of aromatic amines is 2. The Morgan fingerprint density at radius 1 is 1.10 bits per heavy atom. The van der Waals surface area contributed by atoms with Gasteiger partial charge in [0.1, 0.15) is 11.2 Å². The van der Waals surface area contributed by atoms with Crippen LogP contribution in [-0.2, 0) is 0 Å². The minimum Gasteiger partial charge on any atom is -0.345 e. The van der Waals surface area contributed by atoms with Gasteiger partial charge in [0.25, 0.3) is 0 Å². The lowest BCUT2D eigenvalue weighted by Gasteiger charge is -2.14. The van der Waals surface area contributed by atoms with E-state index in [1.54, 1.807) is 18.5 Å². The fourth-order valence-electron chi connectivity index (χ4n) is 3.68. The van der Waals surface area contributed by atoms with E-state index < -0.39 is 0 Å². The highest BCUT2D eigenvalue weighted by Crippen LogP contribution is 2.37. The Hall–Kier alpha value is -3.95. The van der Waals surface area contributed by atoms with Crippen LogP contribution in [0.1, 0.15) is 11.1 Å². The van der Waals surface area contributed by atoms with E-state index in [2.05, 4.69) is 21.0 Å². The molecule has 0 saturated heterocycles. The molecule has 0 aliphatic heterocycles. The van der Waals surface area contributed by atoms with Crippen LogP contribution in [0.15, 0.2) is 59.7 Å². The summed E-state index contributed by atoms with van der Waals surface area (Å²) in [5.74, 6) is 0. The average molecular weight is 412 g/mol. The molecule has 7 heteroatoms. The molecule has 0 saturated carbocycles. The zero-order valence-electron chi connectivity index (χ0n) is 15.8. The van der Waals surface area contributed by atoms with Gasteiger partial charge in [0.05, 0.1) is 34.2 Å². The summed E-state index contributed by atoms with van der Waals surface area (Å²) < 4.78 is 0. The van der Waals surface area contributed by atoms with Crippen LogP contribution in [0.3, 0.4) is 0 Å². The van der Waals surface area contributed by atoms with Gasteiger partial charge in [0.2, 0.25) is 5.56 Å². The van der Waals surface area contributed by atoms with Crippen LogP contribution in [0.5, 0.6) is 0 Å². The second-order valence-corrected chi connectivity index (χ2v) is 7.40. The maximum Gasteiger partial charge on any atom is 0.249 e. The number of imidazole rings is 1. The quantitative estimate of drug-likeness (QED) is 0.428. The molecule has 0 radical (unpaired) electrons. The highest BCUT2D eigenvalue weighted by Gasteiger charge is 2.17. The molecular weight excluding hydrogens is 398 g/mol. The number of aromatic nitrogens is 4. The Balaban J connectivity index is 1.88. The molecule has 0 aliphatic carbocycles. The lowest BCUT2D eigenvalue weighted by atomic mass is 9.93. The number of pyridine rings is 2. The van der Waals surface area contributed by atoms with Crippen LogP contribution in [0.2, 0.25) is 5.02 Å². The van der Waals surface area contributed by atoms with Crippen molar-refractivity contribution < 1.29 is 0 Å². The monoisotopic (exact) mass is 411 g/mol. The number of hydrogen-bond donors (Lipinski definition) is 2. The number of H-pyrrole nitrogens is 2. The van der Waals surface area contributed by atoms with Crippen LogP contribution in [0.25, 0.3) is 44.5 Å². The lowest BCUT2D eigenvalue weighted by molar-refractivity contribution is 1.23. The second kappa shape index (κ2) is 6.83. The van der Waals surface area contributed by atoms with Crippen molar-refractivity contribution >= 4 is 33.7 Å². The number of fused-ring (bicyclic) bond motifs is 2. The first-order chi connectivity index (χ1) is 14.5. The Morgan fingerprint density at radius 3 is 2.80 bits per heavy atom. The van der Waals surface area contributed by atoms with Gasteiger partial charge in [-0.2, -0.15) is 5.26 Å². The van der Waals surface area contributed by atoms with E-state index in [1.165, 1.54) is 6.07 Å². The third kappa shape index (κ3) is 2.84. The standard InChI is InChI=1S/C23H14ClN5O/c1-12-14(10-25)3-2-4-16(12)21-17(7-13-5-6-20(30)28-23(13)29-21)15-8-18(24)22-19(9-15)26-11-27-22/h2-9,11H,1H3,(H,26,27)(H,28,29,30). The van der Waals surface area contributed by atoms with E-state index in [4.69, 9.17) is 16.6 Å². The predicted molar refractivity (Wildman–Crippen MR) is 117 cm³/mol. The first-order valence-corrected chi connectivity index (χ1v) is 9.60. The Kier molecular flexibility index (Phi) is 4.12. The number of benzene rings is 2. The molecule has 0 fully saturated rings. The van der Waals surface area contributed by atoms with Crippen LogP contribution < -0.4 is 5.56 Å². The van der Waals surface area contributed by atoms with Gasteiger partial charge in [-0.3, -0.25) is 4.79 Å². The number of nitriles is 1. The summed E-state index contributed by atoms with van der Waals surface area (Å²) in [4.78, 5) is 26.8. The highest BCUT2D eigenvalue weighted by atomic mass is 35.5. The minimum atomic E-state index is -0.224. The maximum absolute atomic E-state index is 11.8. The Bertz CT molecular complexity index is 1560. The summed E-state index contributed by atoms with van der Waals surface area (Å²) in [7, 11) is 0. The van der Waals surface area contributed by atoms with E-state index in [9.17, 15) is 10.1 Å². The molecule has 30 heavy (non-hydrogen) atoms. The van der Waals surface area contributed by atoms with Crippen LogP contribution in [0, 0.1) is 18.3 Å². The van der Waals surface area contributed by atoms with E-state index in [0.717, 1.165) is 33.2 Å². The first-order valence-electron chi connectivity index (χ1n) is 9.22. The molecule has 144 valence electrons. The fraction of sp³-hybridized carbons (Fsp3) is 0.0435. The highest BCUT2D eigenvalue weighted by molar-refractivity contribution is 6.35. The van der Waals surface area contributed by atoms with Crippen molar-refractivity contribution in [3.05, 3.63) is 81.4 Å². The molecule has 6 nitrogen and oxygen atoms in total. The number of hydrogen-bond acceptors (Lipinski definition) is 4. The van der Waals surface area contributed by atoms with E-state index in [-0.39, 0.29) is 5.56 Å².